The van der Waals surface area contributed by atoms with E-state index in [1.54, 1.807) is 45.9 Å². The van der Waals surface area contributed by atoms with E-state index in [1.165, 1.54) is 4.90 Å². The van der Waals surface area contributed by atoms with Gasteiger partial charge in [-0.25, -0.2) is 4.79 Å². The van der Waals surface area contributed by atoms with Crippen LogP contribution in [0, 0.1) is 20.8 Å². The number of hydrogen-bond acceptors (Lipinski definition) is 6. The minimum absolute atomic E-state index is 0.112. The second-order valence-electron chi connectivity index (χ2n) is 10.1. The quantitative estimate of drug-likeness (QED) is 0.399. The standard InChI is InChI=1S/C28H39N3O6/c1-8-15-31(26(35)21(16-32)29-27(36)37-28(5,6)7)23(20-14-10-13-19(4)24(20)33)25(34)30-22-17(2)11-9-12-18(22)3/h9-14,21,23,32-33H,8,15-16H2,1-7H3,(H,29,36)(H,30,34). The summed E-state index contributed by atoms with van der Waals surface area (Å²) in [7, 11) is 0. The van der Waals surface area contributed by atoms with Gasteiger partial charge in [-0.1, -0.05) is 43.3 Å². The van der Waals surface area contributed by atoms with Crippen LogP contribution < -0.4 is 10.6 Å². The molecule has 0 heterocycles. The van der Waals surface area contributed by atoms with E-state index >= 15 is 0 Å². The molecule has 37 heavy (non-hydrogen) atoms. The van der Waals surface area contributed by atoms with Crippen molar-refractivity contribution in [2.75, 3.05) is 18.5 Å². The maximum Gasteiger partial charge on any atom is 0.408 e. The zero-order chi connectivity index (χ0) is 27.9. The molecule has 0 aliphatic carbocycles. The van der Waals surface area contributed by atoms with Crippen molar-refractivity contribution in [2.24, 2.45) is 0 Å². The molecule has 2 rings (SSSR count). The molecule has 0 radical (unpaired) electrons. The van der Waals surface area contributed by atoms with Gasteiger partial charge in [0.15, 0.2) is 0 Å². The van der Waals surface area contributed by atoms with E-state index in [4.69, 9.17) is 4.74 Å². The first kappa shape index (κ1) is 29.6. The summed E-state index contributed by atoms with van der Waals surface area (Å²) in [6, 6.07) is 8.00. The van der Waals surface area contributed by atoms with Gasteiger partial charge in [0, 0.05) is 17.8 Å². The molecule has 0 spiro atoms. The average molecular weight is 514 g/mol. The van der Waals surface area contributed by atoms with Gasteiger partial charge in [-0.3, -0.25) is 9.59 Å². The van der Waals surface area contributed by atoms with Crippen molar-refractivity contribution in [3.8, 4) is 5.75 Å². The molecule has 2 atom stereocenters. The van der Waals surface area contributed by atoms with Crippen molar-refractivity contribution in [1.29, 1.82) is 0 Å². The zero-order valence-electron chi connectivity index (χ0n) is 22.7. The number of ether oxygens (including phenoxy) is 1. The van der Waals surface area contributed by atoms with E-state index in [9.17, 15) is 24.6 Å². The normalized spacial score (nSPS) is 12.9. The Kier molecular flexibility index (Phi) is 10.1. The summed E-state index contributed by atoms with van der Waals surface area (Å²) in [6.45, 7) is 11.7. The molecule has 9 nitrogen and oxygen atoms in total. The third kappa shape index (κ3) is 7.69. The summed E-state index contributed by atoms with van der Waals surface area (Å²) >= 11 is 0. The number of benzene rings is 2. The summed E-state index contributed by atoms with van der Waals surface area (Å²) in [4.78, 5) is 41.2. The predicted molar refractivity (Wildman–Crippen MR) is 142 cm³/mol. The lowest BCUT2D eigenvalue weighted by atomic mass is 9.98. The number of carbonyl (C=O) groups excluding carboxylic acids is 3. The molecule has 0 aliphatic rings. The van der Waals surface area contributed by atoms with Crippen LogP contribution >= 0.6 is 0 Å². The molecule has 2 unspecified atom stereocenters. The second kappa shape index (κ2) is 12.6. The lowest BCUT2D eigenvalue weighted by Crippen LogP contribution is -2.54. The van der Waals surface area contributed by atoms with Crippen molar-refractivity contribution in [3.05, 3.63) is 58.7 Å². The summed E-state index contributed by atoms with van der Waals surface area (Å²) in [6.07, 6.45) is -0.387. The third-order valence-corrected chi connectivity index (χ3v) is 5.77. The van der Waals surface area contributed by atoms with Gasteiger partial charge in [0.05, 0.1) is 6.61 Å². The van der Waals surface area contributed by atoms with Gasteiger partial charge in [-0.2, -0.15) is 0 Å². The van der Waals surface area contributed by atoms with Gasteiger partial charge in [-0.05, 0) is 64.7 Å². The molecule has 9 heteroatoms. The number of aryl methyl sites for hydroxylation is 3. The number of anilines is 1. The van der Waals surface area contributed by atoms with Gasteiger partial charge in [0.25, 0.3) is 5.91 Å². The number of carbonyl (C=O) groups is 3. The number of aliphatic hydroxyl groups excluding tert-OH is 1. The van der Waals surface area contributed by atoms with Crippen LogP contribution in [0.5, 0.6) is 5.75 Å². The van der Waals surface area contributed by atoms with E-state index in [2.05, 4.69) is 10.6 Å². The number of nitrogens with zero attached hydrogens (tertiary/aromatic N) is 1. The fraction of sp³-hybridized carbons (Fsp3) is 0.464. The molecule has 2 aromatic carbocycles. The number of aliphatic hydroxyl groups is 1. The number of hydrogen-bond donors (Lipinski definition) is 4. The Bertz CT molecular complexity index is 1110. The molecule has 3 amide bonds. The minimum atomic E-state index is -1.36. The number of alkyl carbamates (subject to hydrolysis) is 1. The minimum Gasteiger partial charge on any atom is -0.507 e. The van der Waals surface area contributed by atoms with Crippen molar-refractivity contribution < 1.29 is 29.3 Å². The monoisotopic (exact) mass is 513 g/mol. The fourth-order valence-electron chi connectivity index (χ4n) is 4.00. The Hall–Kier alpha value is -3.59. The fourth-order valence-corrected chi connectivity index (χ4v) is 4.00. The van der Waals surface area contributed by atoms with Gasteiger partial charge < -0.3 is 30.5 Å². The van der Waals surface area contributed by atoms with Crippen molar-refractivity contribution in [3.63, 3.8) is 0 Å². The maximum absolute atomic E-state index is 13.8. The maximum atomic E-state index is 13.8. The number of para-hydroxylation sites is 2. The largest absolute Gasteiger partial charge is 0.507 e. The van der Waals surface area contributed by atoms with Crippen molar-refractivity contribution in [2.45, 2.75) is 72.6 Å². The van der Waals surface area contributed by atoms with Crippen LogP contribution in [0.15, 0.2) is 36.4 Å². The SMILES string of the molecule is CCCN(C(=O)C(CO)NC(=O)OC(C)(C)C)C(C(=O)Nc1c(C)cccc1C)c1cccc(C)c1O. The molecule has 202 valence electrons. The van der Waals surface area contributed by atoms with Crippen LogP contribution in [0.3, 0.4) is 0 Å². The Morgan fingerprint density at radius 3 is 2.11 bits per heavy atom. The van der Waals surface area contributed by atoms with E-state index < -0.39 is 42.2 Å². The lowest BCUT2D eigenvalue weighted by Gasteiger charge is -2.34. The molecule has 0 aliphatic heterocycles. The van der Waals surface area contributed by atoms with E-state index in [0.717, 1.165) is 11.1 Å². The second-order valence-corrected chi connectivity index (χ2v) is 10.1. The molecule has 0 aromatic heterocycles. The van der Waals surface area contributed by atoms with Crippen LogP contribution in [0.25, 0.3) is 0 Å². The molecule has 0 fully saturated rings. The zero-order valence-corrected chi connectivity index (χ0v) is 22.7. The van der Waals surface area contributed by atoms with Crippen molar-refractivity contribution >= 4 is 23.6 Å². The van der Waals surface area contributed by atoms with Crippen LogP contribution in [0.4, 0.5) is 10.5 Å². The number of nitrogens with one attached hydrogen (secondary N) is 2. The number of aromatic hydroxyl groups is 1. The number of phenolic OH excluding ortho intramolecular Hbond substituents is 1. The van der Waals surface area contributed by atoms with Gasteiger partial charge in [0.1, 0.15) is 23.4 Å². The topological polar surface area (TPSA) is 128 Å². The van der Waals surface area contributed by atoms with Crippen LogP contribution in [0.1, 0.15) is 62.4 Å². The molecule has 4 N–H and O–H groups in total. The Morgan fingerprint density at radius 1 is 1.00 bits per heavy atom. The third-order valence-electron chi connectivity index (χ3n) is 5.77. The highest BCUT2D eigenvalue weighted by Gasteiger charge is 2.37. The van der Waals surface area contributed by atoms with E-state index in [0.29, 0.717) is 17.7 Å². The van der Waals surface area contributed by atoms with Gasteiger partial charge >= 0.3 is 6.09 Å². The lowest BCUT2D eigenvalue weighted by molar-refractivity contribution is -0.141. The van der Waals surface area contributed by atoms with Crippen LogP contribution in [-0.2, 0) is 14.3 Å². The predicted octanol–water partition coefficient (Wildman–Crippen LogP) is 4.12. The number of phenols is 1. The Balaban J connectivity index is 2.54. The summed E-state index contributed by atoms with van der Waals surface area (Å²) < 4.78 is 5.24. The molecular formula is C28H39N3O6. The highest BCUT2D eigenvalue weighted by Crippen LogP contribution is 2.33. The summed E-state index contributed by atoms with van der Waals surface area (Å²) in [5.74, 6) is -1.33. The highest BCUT2D eigenvalue weighted by atomic mass is 16.6. The van der Waals surface area contributed by atoms with Gasteiger partial charge in [0.2, 0.25) is 5.91 Å². The highest BCUT2D eigenvalue weighted by molar-refractivity contribution is 6.00. The first-order valence-electron chi connectivity index (χ1n) is 12.4. The first-order chi connectivity index (χ1) is 17.3. The number of amides is 3. The smallest absolute Gasteiger partial charge is 0.408 e. The molecule has 2 aromatic rings. The summed E-state index contributed by atoms with van der Waals surface area (Å²) in [5.41, 5.74) is 2.26. The van der Waals surface area contributed by atoms with Crippen LogP contribution in [-0.4, -0.2) is 57.8 Å². The van der Waals surface area contributed by atoms with Gasteiger partial charge in [-0.15, -0.1) is 0 Å². The van der Waals surface area contributed by atoms with E-state index in [-0.39, 0.29) is 17.9 Å². The number of rotatable bonds is 9. The molecule has 0 saturated carbocycles. The Morgan fingerprint density at radius 2 is 1.57 bits per heavy atom. The Labute approximate surface area is 218 Å². The van der Waals surface area contributed by atoms with Crippen molar-refractivity contribution in [1.82, 2.24) is 10.2 Å². The van der Waals surface area contributed by atoms with Crippen LogP contribution in [0.2, 0.25) is 0 Å². The van der Waals surface area contributed by atoms with E-state index in [1.807, 2.05) is 39.0 Å². The molecule has 0 saturated heterocycles. The average Bonchev–Trinajstić information content (AvgIpc) is 2.80. The first-order valence-corrected chi connectivity index (χ1v) is 12.4. The molecule has 0 bridgehead atoms. The molecular weight excluding hydrogens is 474 g/mol. The summed E-state index contributed by atoms with van der Waals surface area (Å²) in [5, 5.41) is 26.2.